The number of nitrogens with two attached hydrogens (primary N) is 1. The predicted molar refractivity (Wildman–Crippen MR) is 59.9 cm³/mol. The number of nitrogens with one attached hydrogen (secondary N) is 1. The Morgan fingerprint density at radius 1 is 1.44 bits per heavy atom. The summed E-state index contributed by atoms with van der Waals surface area (Å²) in [6.07, 6.45) is -2.08. The Morgan fingerprint density at radius 2 is 2.11 bits per heavy atom. The van der Waals surface area contributed by atoms with Crippen molar-refractivity contribution >= 4 is 6.03 Å². The molecule has 2 fully saturated rings. The third-order valence-corrected chi connectivity index (χ3v) is 4.03. The minimum absolute atomic E-state index is 0.0291. The fourth-order valence-corrected chi connectivity index (χ4v) is 2.73. The molecule has 2 rings (SSSR count). The number of urea groups is 1. The highest BCUT2D eigenvalue weighted by atomic mass is 19.4. The molecule has 1 aliphatic heterocycles. The highest BCUT2D eigenvalue weighted by Crippen LogP contribution is 2.47. The fraction of sp³-hybridized carbons (Fsp3) is 0.909. The summed E-state index contributed by atoms with van der Waals surface area (Å²) in [5.41, 5.74) is 6.03. The maximum absolute atomic E-state index is 11.9. The summed E-state index contributed by atoms with van der Waals surface area (Å²) in [6, 6.07) is -0.474. The van der Waals surface area contributed by atoms with Gasteiger partial charge in [-0.2, -0.15) is 13.2 Å². The molecule has 0 aromatic heterocycles. The zero-order valence-electron chi connectivity index (χ0n) is 10.1. The van der Waals surface area contributed by atoms with Crippen molar-refractivity contribution in [2.24, 2.45) is 11.1 Å². The van der Waals surface area contributed by atoms with Gasteiger partial charge in [0.05, 0.1) is 6.42 Å². The first-order valence-corrected chi connectivity index (χ1v) is 6.18. The molecule has 1 heterocycles. The van der Waals surface area contributed by atoms with Crippen LogP contribution >= 0.6 is 0 Å². The second-order valence-corrected chi connectivity index (χ2v) is 5.30. The predicted octanol–water partition coefficient (Wildman–Crippen LogP) is 1.46. The van der Waals surface area contributed by atoms with E-state index in [1.54, 1.807) is 4.90 Å². The van der Waals surface area contributed by atoms with E-state index in [9.17, 15) is 18.0 Å². The van der Waals surface area contributed by atoms with Crippen molar-refractivity contribution in [3.63, 3.8) is 0 Å². The van der Waals surface area contributed by atoms with Crippen molar-refractivity contribution in [3.8, 4) is 0 Å². The number of likely N-dealkylation sites (tertiary alicyclic amines) is 1. The summed E-state index contributed by atoms with van der Waals surface area (Å²) in [4.78, 5) is 13.2. The van der Waals surface area contributed by atoms with Crippen LogP contribution in [-0.4, -0.2) is 42.8 Å². The second kappa shape index (κ2) is 4.60. The van der Waals surface area contributed by atoms with Gasteiger partial charge >= 0.3 is 12.2 Å². The maximum Gasteiger partial charge on any atom is 0.390 e. The zero-order chi connectivity index (χ0) is 13.4. The molecular formula is C11H18F3N3O. The first-order chi connectivity index (χ1) is 8.32. The van der Waals surface area contributed by atoms with E-state index in [0.29, 0.717) is 13.1 Å². The lowest BCUT2D eigenvalue weighted by Gasteiger charge is -2.41. The molecule has 4 nitrogen and oxygen atoms in total. The van der Waals surface area contributed by atoms with Crippen molar-refractivity contribution in [1.29, 1.82) is 0 Å². The van der Waals surface area contributed by atoms with Crippen LogP contribution in [0.2, 0.25) is 0 Å². The molecule has 3 N–H and O–H groups in total. The van der Waals surface area contributed by atoms with Gasteiger partial charge in [-0.15, -0.1) is 0 Å². The molecule has 0 aromatic carbocycles. The minimum atomic E-state index is -4.23. The van der Waals surface area contributed by atoms with E-state index in [0.717, 1.165) is 19.3 Å². The van der Waals surface area contributed by atoms with E-state index in [1.807, 2.05) is 0 Å². The normalized spacial score (nSPS) is 26.2. The third-order valence-electron chi connectivity index (χ3n) is 4.03. The summed E-state index contributed by atoms with van der Waals surface area (Å²) < 4.78 is 35.8. The molecule has 18 heavy (non-hydrogen) atoms. The summed E-state index contributed by atoms with van der Waals surface area (Å²) >= 11 is 0. The largest absolute Gasteiger partial charge is 0.390 e. The van der Waals surface area contributed by atoms with Crippen molar-refractivity contribution < 1.29 is 18.0 Å². The lowest BCUT2D eigenvalue weighted by molar-refractivity contribution is -0.133. The van der Waals surface area contributed by atoms with Crippen LogP contribution in [-0.2, 0) is 0 Å². The molecule has 1 aliphatic carbocycles. The maximum atomic E-state index is 11.9. The topological polar surface area (TPSA) is 58.4 Å². The molecule has 2 aliphatic rings. The Morgan fingerprint density at radius 3 is 2.56 bits per heavy atom. The molecule has 7 heteroatoms. The van der Waals surface area contributed by atoms with Crippen molar-refractivity contribution in [2.75, 3.05) is 19.6 Å². The Labute approximate surface area is 104 Å². The van der Waals surface area contributed by atoms with Gasteiger partial charge in [0.2, 0.25) is 0 Å². The van der Waals surface area contributed by atoms with Gasteiger partial charge in [-0.25, -0.2) is 4.79 Å². The van der Waals surface area contributed by atoms with Crippen molar-refractivity contribution in [3.05, 3.63) is 0 Å². The fourth-order valence-electron chi connectivity index (χ4n) is 2.73. The van der Waals surface area contributed by atoms with Crippen molar-refractivity contribution in [2.45, 2.75) is 37.9 Å². The number of amides is 2. The first-order valence-electron chi connectivity index (χ1n) is 6.18. The Balaban J connectivity index is 1.77. The van der Waals surface area contributed by atoms with Gasteiger partial charge in [-0.3, -0.25) is 0 Å². The van der Waals surface area contributed by atoms with E-state index in [4.69, 9.17) is 5.73 Å². The number of nitrogens with zero attached hydrogens (tertiary/aromatic N) is 1. The number of hydrogen-bond acceptors (Lipinski definition) is 2. The van der Waals surface area contributed by atoms with E-state index in [2.05, 4.69) is 5.32 Å². The Bertz CT molecular complexity index is 328. The highest BCUT2D eigenvalue weighted by Gasteiger charge is 2.49. The van der Waals surface area contributed by atoms with Gasteiger partial charge in [0.1, 0.15) is 0 Å². The Hall–Kier alpha value is -0.980. The van der Waals surface area contributed by atoms with Gasteiger partial charge in [-0.1, -0.05) is 6.42 Å². The van der Waals surface area contributed by atoms with E-state index in [-0.39, 0.29) is 18.0 Å². The number of hydrogen-bond donors (Lipinski definition) is 2. The molecule has 1 saturated heterocycles. The molecule has 104 valence electrons. The quantitative estimate of drug-likeness (QED) is 0.794. The van der Waals surface area contributed by atoms with Gasteiger partial charge in [0.15, 0.2) is 0 Å². The van der Waals surface area contributed by atoms with E-state index < -0.39 is 18.6 Å². The van der Waals surface area contributed by atoms with Gasteiger partial charge in [0, 0.05) is 31.1 Å². The first kappa shape index (κ1) is 13.5. The van der Waals surface area contributed by atoms with Crippen LogP contribution in [0.4, 0.5) is 18.0 Å². The highest BCUT2D eigenvalue weighted by molar-refractivity contribution is 5.74. The molecule has 1 saturated carbocycles. The lowest BCUT2D eigenvalue weighted by atomic mass is 9.66. The van der Waals surface area contributed by atoms with Crippen molar-refractivity contribution in [1.82, 2.24) is 10.2 Å². The SMILES string of the molecule is NC1CN(C(=O)NCCC(F)(F)F)CC12CCC2. The third kappa shape index (κ3) is 2.71. The van der Waals surface area contributed by atoms with Gasteiger partial charge in [0.25, 0.3) is 0 Å². The summed E-state index contributed by atoms with van der Waals surface area (Å²) in [6.45, 7) is 0.644. The monoisotopic (exact) mass is 265 g/mol. The molecule has 1 unspecified atom stereocenters. The molecule has 1 spiro atoms. The smallest absolute Gasteiger partial charge is 0.338 e. The van der Waals surface area contributed by atoms with Gasteiger partial charge < -0.3 is 16.0 Å². The number of rotatable bonds is 2. The van der Waals surface area contributed by atoms with E-state index >= 15 is 0 Å². The van der Waals surface area contributed by atoms with Crippen LogP contribution in [0.15, 0.2) is 0 Å². The second-order valence-electron chi connectivity index (χ2n) is 5.30. The minimum Gasteiger partial charge on any atom is -0.338 e. The average Bonchev–Trinajstić information content (AvgIpc) is 2.53. The number of alkyl halides is 3. The molecule has 0 radical (unpaired) electrons. The van der Waals surface area contributed by atoms with Crippen LogP contribution in [0, 0.1) is 5.41 Å². The molecule has 2 amide bonds. The number of carbonyl (C=O) groups is 1. The van der Waals surface area contributed by atoms with Gasteiger partial charge in [-0.05, 0) is 12.8 Å². The van der Waals surface area contributed by atoms with Crippen LogP contribution < -0.4 is 11.1 Å². The van der Waals surface area contributed by atoms with E-state index in [1.165, 1.54) is 0 Å². The summed E-state index contributed by atoms with van der Waals surface area (Å²) in [5.74, 6) is 0. The zero-order valence-corrected chi connectivity index (χ0v) is 10.1. The van der Waals surface area contributed by atoms with Crippen LogP contribution in [0.5, 0.6) is 0 Å². The molecule has 0 aromatic rings. The number of halogens is 3. The average molecular weight is 265 g/mol. The standard InChI is InChI=1S/C11H18F3N3O/c12-11(13,14)4-5-16-9(18)17-6-8(15)10(7-17)2-1-3-10/h8H,1-7,15H2,(H,16,18). The summed E-state index contributed by atoms with van der Waals surface area (Å²) in [7, 11) is 0. The number of carbonyl (C=O) groups excluding carboxylic acids is 1. The Kier molecular flexibility index (Phi) is 3.44. The van der Waals surface area contributed by atoms with Crippen LogP contribution in [0.25, 0.3) is 0 Å². The molecular weight excluding hydrogens is 247 g/mol. The van der Waals surface area contributed by atoms with Crippen LogP contribution in [0.3, 0.4) is 0 Å². The van der Waals surface area contributed by atoms with Crippen LogP contribution in [0.1, 0.15) is 25.7 Å². The molecule has 0 bridgehead atoms. The summed E-state index contributed by atoms with van der Waals surface area (Å²) in [5, 5.41) is 2.30. The lowest BCUT2D eigenvalue weighted by Crippen LogP contribution is -2.45. The molecule has 1 atom stereocenters.